The smallest absolute Gasteiger partial charge is 0.125 e. The van der Waals surface area contributed by atoms with Crippen LogP contribution in [0.25, 0.3) is 10.6 Å². The normalized spacial score (nSPS) is 20.2. The van der Waals surface area contributed by atoms with Crippen LogP contribution in [0.3, 0.4) is 0 Å². The average Bonchev–Trinajstić information content (AvgIpc) is 2.90. The predicted octanol–water partition coefficient (Wildman–Crippen LogP) is 4.84. The molecule has 106 valence electrons. The highest BCUT2D eigenvalue weighted by Crippen LogP contribution is 2.30. The third kappa shape index (κ3) is 3.05. The summed E-state index contributed by atoms with van der Waals surface area (Å²) in [7, 11) is 0. The number of halogens is 1. The lowest BCUT2D eigenvalue weighted by Crippen LogP contribution is -2.36. The monoisotopic (exact) mass is 306 g/mol. The number of thiazole rings is 1. The van der Waals surface area contributed by atoms with Crippen molar-refractivity contribution in [2.75, 3.05) is 6.54 Å². The highest BCUT2D eigenvalue weighted by atomic mass is 35.5. The van der Waals surface area contributed by atoms with E-state index >= 15 is 0 Å². The molecule has 1 unspecified atom stereocenters. The molecule has 0 saturated carbocycles. The first-order valence-electron chi connectivity index (χ1n) is 7.17. The maximum atomic E-state index is 6.24. The van der Waals surface area contributed by atoms with E-state index in [0.717, 1.165) is 22.1 Å². The zero-order valence-corrected chi connectivity index (χ0v) is 13.3. The summed E-state index contributed by atoms with van der Waals surface area (Å²) in [6.07, 6.45) is 3.98. The molecule has 2 nitrogen and oxygen atoms in total. The summed E-state index contributed by atoms with van der Waals surface area (Å²) in [4.78, 5) is 7.30. The molecule has 3 rings (SSSR count). The van der Waals surface area contributed by atoms with Gasteiger partial charge in [-0.05, 0) is 32.4 Å². The summed E-state index contributed by atoms with van der Waals surface area (Å²) in [6, 6.07) is 8.60. The van der Waals surface area contributed by atoms with Crippen molar-refractivity contribution in [3.8, 4) is 10.6 Å². The van der Waals surface area contributed by atoms with Gasteiger partial charge in [-0.25, -0.2) is 4.98 Å². The molecular formula is C16H19ClN2S. The van der Waals surface area contributed by atoms with Gasteiger partial charge in [-0.3, -0.25) is 4.90 Å². The van der Waals surface area contributed by atoms with Gasteiger partial charge in [-0.1, -0.05) is 36.2 Å². The second-order valence-corrected chi connectivity index (χ2v) is 6.70. The number of piperidine rings is 1. The molecule has 0 N–H and O–H groups in total. The van der Waals surface area contributed by atoms with Crippen molar-refractivity contribution in [1.29, 1.82) is 0 Å². The van der Waals surface area contributed by atoms with E-state index in [9.17, 15) is 0 Å². The predicted molar refractivity (Wildman–Crippen MR) is 86.3 cm³/mol. The molecule has 1 aliphatic rings. The molecule has 0 spiro atoms. The SMILES string of the molecule is CC1CCCCN1Cc1csc(-c2ccccc2Cl)n1. The molecule has 0 amide bonds. The second-order valence-electron chi connectivity index (χ2n) is 5.44. The second kappa shape index (κ2) is 6.25. The number of hydrogen-bond acceptors (Lipinski definition) is 3. The molecular weight excluding hydrogens is 288 g/mol. The van der Waals surface area contributed by atoms with Crippen molar-refractivity contribution in [2.24, 2.45) is 0 Å². The van der Waals surface area contributed by atoms with Crippen molar-refractivity contribution < 1.29 is 0 Å². The lowest BCUT2D eigenvalue weighted by Gasteiger charge is -2.32. The first-order valence-corrected chi connectivity index (χ1v) is 8.43. The Morgan fingerprint density at radius 3 is 3.00 bits per heavy atom. The topological polar surface area (TPSA) is 16.1 Å². The van der Waals surface area contributed by atoms with Gasteiger partial charge in [0, 0.05) is 23.5 Å². The van der Waals surface area contributed by atoms with Crippen molar-refractivity contribution in [3.63, 3.8) is 0 Å². The van der Waals surface area contributed by atoms with Crippen LogP contribution in [0.2, 0.25) is 5.02 Å². The third-order valence-electron chi connectivity index (χ3n) is 3.96. The van der Waals surface area contributed by atoms with Crippen molar-refractivity contribution in [2.45, 2.75) is 38.8 Å². The summed E-state index contributed by atoms with van der Waals surface area (Å²) in [6.45, 7) is 4.47. The van der Waals surface area contributed by atoms with Crippen LogP contribution >= 0.6 is 22.9 Å². The van der Waals surface area contributed by atoms with E-state index in [-0.39, 0.29) is 0 Å². The molecule has 1 atom stereocenters. The average molecular weight is 307 g/mol. The van der Waals surface area contributed by atoms with Gasteiger partial charge in [0.25, 0.3) is 0 Å². The Bertz CT molecular complexity index is 581. The van der Waals surface area contributed by atoms with Crippen molar-refractivity contribution in [1.82, 2.24) is 9.88 Å². The van der Waals surface area contributed by atoms with Crippen LogP contribution < -0.4 is 0 Å². The van der Waals surface area contributed by atoms with E-state index in [1.165, 1.54) is 31.5 Å². The van der Waals surface area contributed by atoms with Gasteiger partial charge in [-0.15, -0.1) is 11.3 Å². The quantitative estimate of drug-likeness (QED) is 0.807. The first-order chi connectivity index (χ1) is 9.74. The minimum Gasteiger partial charge on any atom is -0.295 e. The van der Waals surface area contributed by atoms with E-state index < -0.39 is 0 Å². The Hall–Kier alpha value is -0.900. The number of likely N-dealkylation sites (tertiary alicyclic amines) is 1. The van der Waals surface area contributed by atoms with Gasteiger partial charge < -0.3 is 0 Å². The Morgan fingerprint density at radius 1 is 1.35 bits per heavy atom. The Balaban J connectivity index is 1.75. The van der Waals surface area contributed by atoms with E-state index in [1.54, 1.807) is 11.3 Å². The summed E-state index contributed by atoms with van der Waals surface area (Å²) in [5.74, 6) is 0. The maximum Gasteiger partial charge on any atom is 0.125 e. The highest BCUT2D eigenvalue weighted by Gasteiger charge is 2.19. The molecule has 1 fully saturated rings. The number of benzene rings is 1. The Kier molecular flexibility index (Phi) is 4.39. The molecule has 0 bridgehead atoms. The van der Waals surface area contributed by atoms with Crippen molar-refractivity contribution >= 4 is 22.9 Å². The molecule has 2 aromatic rings. The van der Waals surface area contributed by atoms with Gasteiger partial charge in [0.2, 0.25) is 0 Å². The number of hydrogen-bond donors (Lipinski definition) is 0. The van der Waals surface area contributed by atoms with Crippen LogP contribution in [0.4, 0.5) is 0 Å². The number of rotatable bonds is 3. The van der Waals surface area contributed by atoms with Crippen LogP contribution in [0.15, 0.2) is 29.6 Å². The van der Waals surface area contributed by atoms with Gasteiger partial charge >= 0.3 is 0 Å². The fraction of sp³-hybridized carbons (Fsp3) is 0.438. The molecule has 1 aromatic carbocycles. The molecule has 1 aliphatic heterocycles. The zero-order chi connectivity index (χ0) is 13.9. The van der Waals surface area contributed by atoms with E-state index in [0.29, 0.717) is 6.04 Å². The molecule has 20 heavy (non-hydrogen) atoms. The molecule has 1 saturated heterocycles. The Morgan fingerprint density at radius 2 is 2.20 bits per heavy atom. The summed E-state index contributed by atoms with van der Waals surface area (Å²) >= 11 is 7.92. The fourth-order valence-corrected chi connectivity index (χ4v) is 3.87. The van der Waals surface area contributed by atoms with Crippen molar-refractivity contribution in [3.05, 3.63) is 40.4 Å². The minimum atomic E-state index is 0.675. The van der Waals surface area contributed by atoms with Gasteiger partial charge in [0.15, 0.2) is 0 Å². The van der Waals surface area contributed by atoms with Gasteiger partial charge in [-0.2, -0.15) is 0 Å². The van der Waals surface area contributed by atoms with Crippen LogP contribution in [0, 0.1) is 0 Å². The van der Waals surface area contributed by atoms with Crippen LogP contribution in [0.5, 0.6) is 0 Å². The molecule has 1 aromatic heterocycles. The molecule has 0 aliphatic carbocycles. The fourth-order valence-electron chi connectivity index (χ4n) is 2.74. The first kappa shape index (κ1) is 14.1. The standard InChI is InChI=1S/C16H19ClN2S/c1-12-6-4-5-9-19(12)10-13-11-20-16(18-13)14-7-2-3-8-15(14)17/h2-3,7-8,11-12H,4-6,9-10H2,1H3. The maximum absolute atomic E-state index is 6.24. The molecule has 0 radical (unpaired) electrons. The van der Waals surface area contributed by atoms with Gasteiger partial charge in [0.05, 0.1) is 10.7 Å². The number of nitrogens with zero attached hydrogens (tertiary/aromatic N) is 2. The molecule has 4 heteroatoms. The summed E-state index contributed by atoms with van der Waals surface area (Å²) in [5.41, 5.74) is 2.20. The minimum absolute atomic E-state index is 0.675. The van der Waals surface area contributed by atoms with E-state index in [4.69, 9.17) is 16.6 Å². The molecule has 2 heterocycles. The summed E-state index contributed by atoms with van der Waals surface area (Å²) < 4.78 is 0. The van der Waals surface area contributed by atoms with Crippen LogP contribution in [0.1, 0.15) is 31.9 Å². The summed E-state index contributed by atoms with van der Waals surface area (Å²) in [5, 5.41) is 3.97. The van der Waals surface area contributed by atoms with Crippen LogP contribution in [-0.4, -0.2) is 22.5 Å². The largest absolute Gasteiger partial charge is 0.295 e. The number of aromatic nitrogens is 1. The zero-order valence-electron chi connectivity index (χ0n) is 11.7. The van der Waals surface area contributed by atoms with E-state index in [1.807, 2.05) is 24.3 Å². The van der Waals surface area contributed by atoms with Gasteiger partial charge in [0.1, 0.15) is 5.01 Å². The van der Waals surface area contributed by atoms with Crippen LogP contribution in [-0.2, 0) is 6.54 Å². The van der Waals surface area contributed by atoms with E-state index in [2.05, 4.69) is 17.2 Å². The lowest BCUT2D eigenvalue weighted by molar-refractivity contribution is 0.151. The third-order valence-corrected chi connectivity index (χ3v) is 5.22. The Labute approximate surface area is 129 Å². The highest BCUT2D eigenvalue weighted by molar-refractivity contribution is 7.13. The lowest BCUT2D eigenvalue weighted by atomic mass is 10.0.